The molecule has 0 spiro atoms. The molecule has 0 radical (unpaired) electrons. The smallest absolute Gasteiger partial charge is 0.343 e. The summed E-state index contributed by atoms with van der Waals surface area (Å²) in [5.74, 6) is 0.251. The van der Waals surface area contributed by atoms with Crippen LogP contribution in [-0.4, -0.2) is 25.2 Å². The maximum atomic E-state index is 12.7. The van der Waals surface area contributed by atoms with Crippen LogP contribution in [0, 0.1) is 0 Å². The molecule has 0 aromatic heterocycles. The zero-order chi connectivity index (χ0) is 33.6. The summed E-state index contributed by atoms with van der Waals surface area (Å²) in [5, 5.41) is 19.5. The Hall–Kier alpha value is -5.96. The summed E-state index contributed by atoms with van der Waals surface area (Å²) < 4.78 is 16.4. The van der Waals surface area contributed by atoms with E-state index in [1.54, 1.807) is 55.5 Å². The van der Waals surface area contributed by atoms with E-state index >= 15 is 0 Å². The van der Waals surface area contributed by atoms with E-state index in [0.717, 1.165) is 47.8 Å². The van der Waals surface area contributed by atoms with Crippen LogP contribution in [0.3, 0.4) is 0 Å². The minimum atomic E-state index is -0.473. The number of ether oxygens (including phenoxy) is 3. The molecule has 9 nitrogen and oxygen atoms in total. The maximum Gasteiger partial charge on any atom is 0.343 e. The fraction of sp³-hybridized carbons (Fsp3) is 0.179. The van der Waals surface area contributed by atoms with Gasteiger partial charge in [0.1, 0.15) is 11.5 Å². The van der Waals surface area contributed by atoms with Crippen molar-refractivity contribution in [3.63, 3.8) is 0 Å². The highest BCUT2D eigenvalue weighted by Gasteiger charge is 2.10. The molecular weight excluding hydrogens is 604 g/mol. The Bertz CT molecular complexity index is 1900. The summed E-state index contributed by atoms with van der Waals surface area (Å²) in [6, 6.07) is 34.9. The van der Waals surface area contributed by atoms with Gasteiger partial charge >= 0.3 is 11.9 Å². The summed E-state index contributed by atoms with van der Waals surface area (Å²) in [6.07, 6.45) is 3.58. The van der Waals surface area contributed by atoms with Crippen LogP contribution < -0.4 is 9.47 Å². The van der Waals surface area contributed by atoms with Gasteiger partial charge in [0.05, 0.1) is 41.5 Å². The average Bonchev–Trinajstić information content (AvgIpc) is 3.12. The third-order valence-electron chi connectivity index (χ3n) is 7.21. The number of nitrogens with zero attached hydrogens (tertiary/aromatic N) is 4. The van der Waals surface area contributed by atoms with Gasteiger partial charge in [-0.2, -0.15) is 10.2 Å². The van der Waals surface area contributed by atoms with E-state index in [0.29, 0.717) is 47.2 Å². The molecule has 0 aliphatic heterocycles. The Labute approximate surface area is 279 Å². The molecule has 0 unspecified atom stereocenters. The van der Waals surface area contributed by atoms with Gasteiger partial charge in [-0.15, -0.1) is 10.2 Å². The second-order valence-corrected chi connectivity index (χ2v) is 11.0. The van der Waals surface area contributed by atoms with Crippen molar-refractivity contribution in [2.45, 2.75) is 32.6 Å². The minimum absolute atomic E-state index is 0.348. The normalized spacial score (nSPS) is 11.2. The first-order chi connectivity index (χ1) is 23.5. The number of fused-ring (bicyclic) bond motifs is 1. The van der Waals surface area contributed by atoms with Crippen LogP contribution >= 0.6 is 0 Å². The molecule has 0 N–H and O–H groups in total. The second kappa shape index (κ2) is 17.1. The second-order valence-electron chi connectivity index (χ2n) is 11.0. The summed E-state index contributed by atoms with van der Waals surface area (Å²) in [4.78, 5) is 24.1. The molecule has 0 aliphatic rings. The quantitative estimate of drug-likeness (QED) is 0.0371. The summed E-state index contributed by atoms with van der Waals surface area (Å²) in [5.41, 5.74) is 3.65. The molecular formula is C39H36N4O5. The van der Waals surface area contributed by atoms with Crippen LogP contribution in [0.25, 0.3) is 10.8 Å². The maximum absolute atomic E-state index is 12.7. The third-order valence-corrected chi connectivity index (χ3v) is 7.21. The Kier molecular flexibility index (Phi) is 11.9. The Morgan fingerprint density at radius 2 is 1.12 bits per heavy atom. The van der Waals surface area contributed by atoms with Crippen molar-refractivity contribution in [3.8, 4) is 11.5 Å². The molecule has 0 atom stereocenters. The summed E-state index contributed by atoms with van der Waals surface area (Å²) >= 11 is 0. The van der Waals surface area contributed by atoms with Crippen molar-refractivity contribution in [1.29, 1.82) is 0 Å². The van der Waals surface area contributed by atoms with Gasteiger partial charge in [0.25, 0.3) is 0 Å². The molecule has 5 aromatic rings. The predicted octanol–water partition coefficient (Wildman–Crippen LogP) is 10.9. The molecule has 5 aromatic carbocycles. The molecule has 5 rings (SSSR count). The first-order valence-electron chi connectivity index (χ1n) is 15.7. The van der Waals surface area contributed by atoms with Gasteiger partial charge in [0.2, 0.25) is 0 Å². The molecule has 0 fully saturated rings. The van der Waals surface area contributed by atoms with Gasteiger partial charge in [-0.25, -0.2) is 9.59 Å². The molecule has 9 heteroatoms. The number of benzene rings is 5. The Morgan fingerprint density at radius 1 is 0.583 bits per heavy atom. The number of esters is 2. The topological polar surface area (TPSA) is 111 Å². The highest BCUT2D eigenvalue weighted by Crippen LogP contribution is 2.35. The van der Waals surface area contributed by atoms with E-state index in [1.807, 2.05) is 66.7 Å². The average molecular weight is 641 g/mol. The molecule has 48 heavy (non-hydrogen) atoms. The van der Waals surface area contributed by atoms with E-state index in [4.69, 9.17) is 14.2 Å². The number of hydrogen-bond acceptors (Lipinski definition) is 9. The molecule has 0 amide bonds. The minimum Gasteiger partial charge on any atom is -0.494 e. The molecule has 0 saturated heterocycles. The van der Waals surface area contributed by atoms with Crippen LogP contribution in [0.1, 0.15) is 43.0 Å². The Balaban J connectivity index is 1.09. The Morgan fingerprint density at radius 3 is 1.73 bits per heavy atom. The molecule has 0 aliphatic carbocycles. The number of unbranched alkanes of at least 4 members (excludes halogenated alkanes) is 3. The van der Waals surface area contributed by atoms with E-state index in [-0.39, 0.29) is 5.97 Å². The van der Waals surface area contributed by atoms with Crippen LogP contribution in [0.15, 0.2) is 148 Å². The zero-order valence-corrected chi connectivity index (χ0v) is 26.7. The lowest BCUT2D eigenvalue weighted by Crippen LogP contribution is -2.08. The monoisotopic (exact) mass is 640 g/mol. The predicted molar refractivity (Wildman–Crippen MR) is 186 cm³/mol. The van der Waals surface area contributed by atoms with Crippen LogP contribution in [0.5, 0.6) is 11.5 Å². The SMILES string of the molecule is C=C(C)C(=O)OCCCCCCOc1ccc(C(=O)Oc2ccc(/N=N/c3ccc(/N=N/c4ccccc4)c4ccccc34)cc2)cc1. The number of carbonyl (C=O) groups is 2. The van der Waals surface area contributed by atoms with Crippen molar-refractivity contribution in [2.24, 2.45) is 20.5 Å². The third kappa shape index (κ3) is 9.77. The van der Waals surface area contributed by atoms with Crippen LogP contribution in [0.4, 0.5) is 22.7 Å². The van der Waals surface area contributed by atoms with E-state index < -0.39 is 5.97 Å². The largest absolute Gasteiger partial charge is 0.494 e. The number of carbonyl (C=O) groups excluding carboxylic acids is 2. The lowest BCUT2D eigenvalue weighted by Gasteiger charge is -2.08. The fourth-order valence-electron chi connectivity index (χ4n) is 4.63. The van der Waals surface area contributed by atoms with Gasteiger partial charge in [0, 0.05) is 16.3 Å². The standard InChI is InChI=1S/C39H36N4O5/c1-28(2)38(44)47-27-11-4-3-10-26-46-32-20-16-29(17-21-32)39(45)48-33-22-18-31(19-23-33)41-43-37-25-24-36(34-14-8-9-15-35(34)37)42-40-30-12-6-5-7-13-30/h5-9,12-25H,1,3-4,10-11,26-27H2,2H3/b42-40+,43-41+. The summed E-state index contributed by atoms with van der Waals surface area (Å²) in [6.45, 7) is 6.16. The van der Waals surface area contributed by atoms with Crippen molar-refractivity contribution < 1.29 is 23.8 Å². The van der Waals surface area contributed by atoms with E-state index in [9.17, 15) is 9.59 Å². The van der Waals surface area contributed by atoms with E-state index in [1.165, 1.54) is 0 Å². The molecule has 0 bridgehead atoms. The van der Waals surface area contributed by atoms with Crippen molar-refractivity contribution in [3.05, 3.63) is 133 Å². The van der Waals surface area contributed by atoms with Gasteiger partial charge in [-0.3, -0.25) is 0 Å². The first-order valence-corrected chi connectivity index (χ1v) is 15.7. The number of rotatable bonds is 15. The van der Waals surface area contributed by atoms with Crippen molar-refractivity contribution in [1.82, 2.24) is 0 Å². The highest BCUT2D eigenvalue weighted by atomic mass is 16.5. The fourth-order valence-corrected chi connectivity index (χ4v) is 4.63. The zero-order valence-electron chi connectivity index (χ0n) is 26.7. The number of azo groups is 2. The lowest BCUT2D eigenvalue weighted by molar-refractivity contribution is -0.139. The van der Waals surface area contributed by atoms with E-state index in [2.05, 4.69) is 27.0 Å². The molecule has 242 valence electrons. The molecule has 0 heterocycles. The van der Waals surface area contributed by atoms with Gasteiger partial charge in [0.15, 0.2) is 0 Å². The van der Waals surface area contributed by atoms with Gasteiger partial charge in [-0.1, -0.05) is 49.0 Å². The van der Waals surface area contributed by atoms with Crippen LogP contribution in [-0.2, 0) is 9.53 Å². The number of hydrogen-bond donors (Lipinski definition) is 0. The van der Waals surface area contributed by atoms with Crippen LogP contribution in [0.2, 0.25) is 0 Å². The highest BCUT2D eigenvalue weighted by molar-refractivity contribution is 5.99. The van der Waals surface area contributed by atoms with Crippen molar-refractivity contribution in [2.75, 3.05) is 13.2 Å². The lowest BCUT2D eigenvalue weighted by atomic mass is 10.1. The van der Waals surface area contributed by atoms with Gasteiger partial charge < -0.3 is 14.2 Å². The van der Waals surface area contributed by atoms with Crippen molar-refractivity contribution >= 4 is 45.5 Å². The summed E-state index contributed by atoms with van der Waals surface area (Å²) in [7, 11) is 0. The first kappa shape index (κ1) is 33.4. The molecule has 0 saturated carbocycles. The van der Waals surface area contributed by atoms with Gasteiger partial charge in [-0.05, 0) is 105 Å².